The van der Waals surface area contributed by atoms with Crippen molar-refractivity contribution in [3.05, 3.63) is 88.3 Å². The number of nitrogens with zero attached hydrogens (tertiary/aromatic N) is 5. The molecule has 1 aromatic heterocycles. The number of halogens is 4. The normalized spacial score (nSPS) is 18.3. The number of hydrogen-bond acceptors (Lipinski definition) is 6. The van der Waals surface area contributed by atoms with Gasteiger partial charge in [0.2, 0.25) is 23.6 Å². The Morgan fingerprint density at radius 3 is 2.48 bits per heavy atom. The van der Waals surface area contributed by atoms with Crippen LogP contribution >= 0.6 is 11.6 Å². The number of amides is 3. The van der Waals surface area contributed by atoms with Crippen LogP contribution in [0.5, 0.6) is 0 Å². The van der Waals surface area contributed by atoms with Crippen LogP contribution in [0.3, 0.4) is 0 Å². The van der Waals surface area contributed by atoms with Crippen LogP contribution in [-0.2, 0) is 14.4 Å². The minimum Gasteiger partial charge on any atom is -0.351 e. The van der Waals surface area contributed by atoms with Crippen LogP contribution < -0.4 is 15.1 Å². The highest BCUT2D eigenvalue weighted by molar-refractivity contribution is 6.31. The summed E-state index contributed by atoms with van der Waals surface area (Å²) in [6.45, 7) is 0. The molecule has 5 rings (SSSR count). The molecule has 2 aromatic carbocycles. The Labute approximate surface area is 268 Å². The molecule has 3 amide bonds. The molecule has 1 saturated carbocycles. The number of rotatable bonds is 8. The fourth-order valence-electron chi connectivity index (χ4n) is 5.94. The standard InChI is InChI=1S/C33H28ClF3N6O3/c34-27-4-2-1-3-26(27)31(32(46)41-23-7-10-33(36,37)11-8-23)43(25-14-21(19-39)13-22(35)16-25)30(45)17-24-5-6-29(44)42(24)28-15-20(18-38)9-12-40-28/h1-4,9,12-16,23-24,31H,5-8,10-11,17H2,(H,41,46). The zero-order valence-electron chi connectivity index (χ0n) is 24.4. The van der Waals surface area contributed by atoms with Crippen LogP contribution in [0, 0.1) is 28.5 Å². The monoisotopic (exact) mass is 648 g/mol. The Kier molecular flexibility index (Phi) is 9.59. The second kappa shape index (κ2) is 13.6. The van der Waals surface area contributed by atoms with E-state index in [0.29, 0.717) is 0 Å². The van der Waals surface area contributed by atoms with E-state index in [4.69, 9.17) is 11.6 Å². The van der Waals surface area contributed by atoms with Crippen LogP contribution in [0.2, 0.25) is 5.02 Å². The third-order valence-electron chi connectivity index (χ3n) is 8.19. The van der Waals surface area contributed by atoms with Crippen LogP contribution in [0.15, 0.2) is 60.8 Å². The average Bonchev–Trinajstić information content (AvgIpc) is 3.40. The molecule has 46 heavy (non-hydrogen) atoms. The predicted molar refractivity (Wildman–Crippen MR) is 162 cm³/mol. The highest BCUT2D eigenvalue weighted by Crippen LogP contribution is 2.37. The van der Waals surface area contributed by atoms with Gasteiger partial charge in [0.05, 0.1) is 23.3 Å². The third kappa shape index (κ3) is 7.13. The van der Waals surface area contributed by atoms with Gasteiger partial charge in [0.25, 0.3) is 0 Å². The first kappa shape index (κ1) is 32.5. The average molecular weight is 649 g/mol. The van der Waals surface area contributed by atoms with E-state index < -0.39 is 54.5 Å². The molecular weight excluding hydrogens is 621 g/mol. The van der Waals surface area contributed by atoms with Gasteiger partial charge < -0.3 is 5.32 Å². The molecule has 1 aliphatic heterocycles. The van der Waals surface area contributed by atoms with Gasteiger partial charge in [0.15, 0.2) is 0 Å². The molecule has 2 heterocycles. The molecule has 0 spiro atoms. The van der Waals surface area contributed by atoms with Crippen LogP contribution in [-0.4, -0.2) is 40.7 Å². The summed E-state index contributed by atoms with van der Waals surface area (Å²) < 4.78 is 42.6. The largest absolute Gasteiger partial charge is 0.351 e. The van der Waals surface area contributed by atoms with Gasteiger partial charge in [-0.25, -0.2) is 18.2 Å². The van der Waals surface area contributed by atoms with E-state index in [9.17, 15) is 38.1 Å². The van der Waals surface area contributed by atoms with Crippen molar-refractivity contribution < 1.29 is 27.6 Å². The molecule has 236 valence electrons. The van der Waals surface area contributed by atoms with Crippen molar-refractivity contribution in [1.29, 1.82) is 10.5 Å². The number of alkyl halides is 2. The van der Waals surface area contributed by atoms with Gasteiger partial charge in [-0.3, -0.25) is 24.2 Å². The lowest BCUT2D eigenvalue weighted by atomic mass is 9.91. The number of hydrogen-bond donors (Lipinski definition) is 1. The summed E-state index contributed by atoms with van der Waals surface area (Å²) in [7, 11) is 0. The first-order valence-corrected chi connectivity index (χ1v) is 15.0. The highest BCUT2D eigenvalue weighted by atomic mass is 35.5. The molecule has 2 aliphatic rings. The van der Waals surface area contributed by atoms with Gasteiger partial charge in [-0.1, -0.05) is 29.8 Å². The number of pyridine rings is 1. The van der Waals surface area contributed by atoms with E-state index in [1.54, 1.807) is 12.1 Å². The molecule has 1 saturated heterocycles. The quantitative estimate of drug-likeness (QED) is 0.320. The van der Waals surface area contributed by atoms with Gasteiger partial charge >= 0.3 is 0 Å². The Morgan fingerprint density at radius 2 is 1.78 bits per heavy atom. The van der Waals surface area contributed by atoms with Gasteiger partial charge in [-0.15, -0.1) is 0 Å². The summed E-state index contributed by atoms with van der Waals surface area (Å²) in [5.74, 6) is -5.26. The van der Waals surface area contributed by atoms with Gasteiger partial charge in [-0.2, -0.15) is 10.5 Å². The first-order valence-electron chi connectivity index (χ1n) is 14.6. The van der Waals surface area contributed by atoms with Crippen molar-refractivity contribution in [2.24, 2.45) is 0 Å². The number of carbonyl (C=O) groups excluding carboxylic acids is 3. The van der Waals surface area contributed by atoms with Gasteiger partial charge in [0.1, 0.15) is 17.7 Å². The molecule has 13 heteroatoms. The number of benzene rings is 2. The topological polar surface area (TPSA) is 130 Å². The minimum absolute atomic E-state index is 0.00831. The van der Waals surface area contributed by atoms with Crippen molar-refractivity contribution in [1.82, 2.24) is 10.3 Å². The molecular formula is C33H28ClF3N6O3. The number of nitrogens with one attached hydrogen (secondary N) is 1. The van der Waals surface area contributed by atoms with E-state index in [0.717, 1.165) is 17.0 Å². The molecule has 2 unspecified atom stereocenters. The molecule has 1 aliphatic carbocycles. The molecule has 2 fully saturated rings. The number of aromatic nitrogens is 1. The number of carbonyl (C=O) groups is 3. The summed E-state index contributed by atoms with van der Waals surface area (Å²) in [5, 5.41) is 21.8. The Balaban J connectivity index is 1.56. The Morgan fingerprint density at radius 1 is 1.07 bits per heavy atom. The van der Waals surface area contributed by atoms with Crippen molar-refractivity contribution in [3.63, 3.8) is 0 Å². The van der Waals surface area contributed by atoms with Crippen molar-refractivity contribution in [2.45, 2.75) is 69.0 Å². The van der Waals surface area contributed by atoms with E-state index >= 15 is 0 Å². The fourth-order valence-corrected chi connectivity index (χ4v) is 6.18. The maximum absolute atomic E-state index is 14.9. The van der Waals surface area contributed by atoms with Crippen molar-refractivity contribution >= 4 is 40.8 Å². The van der Waals surface area contributed by atoms with Crippen molar-refractivity contribution in [3.8, 4) is 12.1 Å². The summed E-state index contributed by atoms with van der Waals surface area (Å²) in [4.78, 5) is 48.1. The molecule has 9 nitrogen and oxygen atoms in total. The fraction of sp³-hybridized carbons (Fsp3) is 0.333. The SMILES string of the molecule is N#Cc1cc(F)cc(N(C(=O)CC2CCC(=O)N2c2cc(C#N)ccn2)C(C(=O)NC2CCC(F)(F)CC2)c2ccccc2Cl)c1. The molecule has 0 radical (unpaired) electrons. The smallest absolute Gasteiger partial charge is 0.248 e. The van der Waals surface area contributed by atoms with Crippen LogP contribution in [0.25, 0.3) is 0 Å². The van der Waals surface area contributed by atoms with Crippen LogP contribution in [0.1, 0.15) is 67.7 Å². The van der Waals surface area contributed by atoms with Crippen LogP contribution in [0.4, 0.5) is 24.7 Å². The van der Waals surface area contributed by atoms with E-state index in [1.807, 2.05) is 12.1 Å². The zero-order chi connectivity index (χ0) is 33.0. The van der Waals surface area contributed by atoms with Crippen molar-refractivity contribution in [2.75, 3.05) is 9.80 Å². The lowest BCUT2D eigenvalue weighted by Crippen LogP contribution is -2.49. The third-order valence-corrected chi connectivity index (χ3v) is 8.53. The highest BCUT2D eigenvalue weighted by Gasteiger charge is 2.41. The second-order valence-electron chi connectivity index (χ2n) is 11.3. The molecule has 3 aromatic rings. The van der Waals surface area contributed by atoms with Gasteiger partial charge in [0, 0.05) is 60.2 Å². The second-order valence-corrected chi connectivity index (χ2v) is 11.7. The zero-order valence-corrected chi connectivity index (χ0v) is 25.2. The molecule has 0 bridgehead atoms. The van der Waals surface area contributed by atoms with E-state index in [-0.39, 0.29) is 71.2 Å². The summed E-state index contributed by atoms with van der Waals surface area (Å²) in [6.07, 6.45) is 0.562. The molecule has 2 atom stereocenters. The molecule has 1 N–H and O–H groups in total. The maximum Gasteiger partial charge on any atom is 0.248 e. The minimum atomic E-state index is -2.84. The Hall–Kier alpha value is -4.94. The predicted octanol–water partition coefficient (Wildman–Crippen LogP) is 5.97. The van der Waals surface area contributed by atoms with Gasteiger partial charge in [-0.05, 0) is 55.7 Å². The summed E-state index contributed by atoms with van der Waals surface area (Å²) in [5.41, 5.74) is 0.214. The van der Waals surface area contributed by atoms with E-state index in [1.165, 1.54) is 41.4 Å². The first-order chi connectivity index (χ1) is 22.0. The van der Waals surface area contributed by atoms with E-state index in [2.05, 4.69) is 10.3 Å². The number of anilines is 2. The summed E-state index contributed by atoms with van der Waals surface area (Å²) >= 11 is 6.56. The number of nitriles is 2. The lowest BCUT2D eigenvalue weighted by molar-refractivity contribution is -0.128. The lowest BCUT2D eigenvalue weighted by Gasteiger charge is -2.35. The maximum atomic E-state index is 14.9. The Bertz CT molecular complexity index is 1750. The summed E-state index contributed by atoms with van der Waals surface area (Å²) in [6, 6.07) is 13.4.